The molecule has 2 saturated heterocycles. The highest BCUT2D eigenvalue weighted by atomic mass is 16.5. The zero-order valence-electron chi connectivity index (χ0n) is 9.66. The van der Waals surface area contributed by atoms with E-state index in [0.717, 1.165) is 25.7 Å². The van der Waals surface area contributed by atoms with Crippen molar-refractivity contribution in [3.8, 4) is 0 Å². The zero-order valence-corrected chi connectivity index (χ0v) is 9.66. The summed E-state index contributed by atoms with van der Waals surface area (Å²) < 4.78 is 11.1. The van der Waals surface area contributed by atoms with Gasteiger partial charge < -0.3 is 14.8 Å². The first-order valence-corrected chi connectivity index (χ1v) is 6.15. The minimum Gasteiger partial charge on any atom is -0.378 e. The first-order valence-electron chi connectivity index (χ1n) is 6.15. The van der Waals surface area contributed by atoms with Crippen LogP contribution in [0.5, 0.6) is 0 Å². The van der Waals surface area contributed by atoms with E-state index < -0.39 is 0 Å². The van der Waals surface area contributed by atoms with Gasteiger partial charge in [0.2, 0.25) is 0 Å². The van der Waals surface area contributed by atoms with E-state index >= 15 is 0 Å². The van der Waals surface area contributed by atoms with Crippen molar-refractivity contribution in [1.82, 2.24) is 5.32 Å². The Labute approximate surface area is 91.5 Å². The summed E-state index contributed by atoms with van der Waals surface area (Å²) in [6.45, 7) is 7.41. The van der Waals surface area contributed by atoms with Crippen molar-refractivity contribution in [3.63, 3.8) is 0 Å². The summed E-state index contributed by atoms with van der Waals surface area (Å²) in [5, 5.41) is 3.74. The van der Waals surface area contributed by atoms with Crippen molar-refractivity contribution in [3.05, 3.63) is 0 Å². The van der Waals surface area contributed by atoms with Gasteiger partial charge in [0, 0.05) is 24.0 Å². The van der Waals surface area contributed by atoms with E-state index in [2.05, 4.69) is 19.2 Å². The maximum Gasteiger partial charge on any atom is 0.0684 e. The van der Waals surface area contributed by atoms with E-state index in [1.165, 1.54) is 12.8 Å². The molecule has 86 valence electrons. The maximum atomic E-state index is 5.88. The Morgan fingerprint density at radius 2 is 2.07 bits per heavy atom. The van der Waals surface area contributed by atoms with Crippen LogP contribution in [-0.4, -0.2) is 38.0 Å². The monoisotopic (exact) mass is 211 g/mol. The number of hydrogen-bond donors (Lipinski definition) is 1. The van der Waals surface area contributed by atoms with Crippen LogP contribution in [0.2, 0.25) is 0 Å². The third kappa shape index (κ3) is 1.44. The van der Waals surface area contributed by atoms with Gasteiger partial charge in [-0.2, -0.15) is 0 Å². The second-order valence-corrected chi connectivity index (χ2v) is 5.80. The SMILES string of the molecule is CC1(C)C(NC2COC2)C2CCCOC21. The van der Waals surface area contributed by atoms with Crippen LogP contribution < -0.4 is 5.32 Å². The second-order valence-electron chi connectivity index (χ2n) is 5.80. The molecule has 0 aromatic heterocycles. The fourth-order valence-corrected chi connectivity index (χ4v) is 3.45. The highest BCUT2D eigenvalue weighted by Gasteiger charge is 2.58. The average Bonchev–Trinajstić information content (AvgIpc) is 2.15. The minimum absolute atomic E-state index is 0.306. The van der Waals surface area contributed by atoms with Gasteiger partial charge in [0.25, 0.3) is 0 Å². The lowest BCUT2D eigenvalue weighted by Crippen LogP contribution is -2.72. The van der Waals surface area contributed by atoms with Crippen LogP contribution in [0.15, 0.2) is 0 Å². The lowest BCUT2D eigenvalue weighted by Gasteiger charge is -2.61. The van der Waals surface area contributed by atoms with Crippen molar-refractivity contribution in [2.24, 2.45) is 11.3 Å². The van der Waals surface area contributed by atoms with Crippen molar-refractivity contribution in [1.29, 1.82) is 0 Å². The van der Waals surface area contributed by atoms with Crippen molar-refractivity contribution in [2.45, 2.75) is 44.9 Å². The molecule has 3 nitrogen and oxygen atoms in total. The van der Waals surface area contributed by atoms with Crippen LogP contribution in [0.1, 0.15) is 26.7 Å². The van der Waals surface area contributed by atoms with Crippen molar-refractivity contribution < 1.29 is 9.47 Å². The topological polar surface area (TPSA) is 30.5 Å². The van der Waals surface area contributed by atoms with Crippen molar-refractivity contribution >= 4 is 0 Å². The number of ether oxygens (including phenoxy) is 2. The molecular weight excluding hydrogens is 190 g/mol. The van der Waals surface area contributed by atoms with Crippen LogP contribution >= 0.6 is 0 Å². The molecule has 15 heavy (non-hydrogen) atoms. The van der Waals surface area contributed by atoms with Crippen LogP contribution in [0.4, 0.5) is 0 Å². The fourth-order valence-electron chi connectivity index (χ4n) is 3.45. The predicted octanol–water partition coefficient (Wildman–Crippen LogP) is 1.18. The lowest BCUT2D eigenvalue weighted by molar-refractivity contribution is -0.200. The molecule has 0 amide bonds. The Balaban J connectivity index is 1.65. The Bertz CT molecular complexity index is 250. The smallest absolute Gasteiger partial charge is 0.0684 e. The highest BCUT2D eigenvalue weighted by Crippen LogP contribution is 2.51. The molecule has 3 fully saturated rings. The first-order chi connectivity index (χ1) is 7.19. The molecule has 3 rings (SSSR count). The molecule has 3 aliphatic rings. The molecular formula is C12H21NO2. The van der Waals surface area contributed by atoms with Crippen LogP contribution in [-0.2, 0) is 9.47 Å². The summed E-state index contributed by atoms with van der Waals surface area (Å²) in [6, 6.07) is 1.23. The molecule has 1 aliphatic carbocycles. The third-order valence-corrected chi connectivity index (χ3v) is 4.38. The van der Waals surface area contributed by atoms with Crippen molar-refractivity contribution in [2.75, 3.05) is 19.8 Å². The summed E-state index contributed by atoms with van der Waals surface area (Å²) in [5.74, 6) is 0.745. The summed E-state index contributed by atoms with van der Waals surface area (Å²) in [5.41, 5.74) is 0.306. The zero-order chi connectivity index (χ0) is 10.5. The molecule has 0 aromatic carbocycles. The Morgan fingerprint density at radius 1 is 1.27 bits per heavy atom. The lowest BCUT2D eigenvalue weighted by atomic mass is 9.55. The van der Waals surface area contributed by atoms with E-state index in [9.17, 15) is 0 Å². The quantitative estimate of drug-likeness (QED) is 0.744. The summed E-state index contributed by atoms with van der Waals surface area (Å²) in [6.07, 6.45) is 3.06. The van der Waals surface area contributed by atoms with Gasteiger partial charge in [0.05, 0.1) is 25.4 Å². The molecule has 3 atom stereocenters. The largest absolute Gasteiger partial charge is 0.378 e. The third-order valence-electron chi connectivity index (χ3n) is 4.38. The molecule has 0 spiro atoms. The van der Waals surface area contributed by atoms with Gasteiger partial charge in [-0.1, -0.05) is 13.8 Å². The maximum absolute atomic E-state index is 5.88. The summed E-state index contributed by atoms with van der Waals surface area (Å²) in [7, 11) is 0. The molecule has 2 aliphatic heterocycles. The summed E-state index contributed by atoms with van der Waals surface area (Å²) >= 11 is 0. The average molecular weight is 211 g/mol. The molecule has 2 heterocycles. The Kier molecular flexibility index (Phi) is 2.31. The van der Waals surface area contributed by atoms with Gasteiger partial charge in [0.1, 0.15) is 0 Å². The number of rotatable bonds is 2. The molecule has 1 N–H and O–H groups in total. The Hall–Kier alpha value is -0.120. The second kappa shape index (κ2) is 3.44. The molecule has 3 heteroatoms. The number of hydrogen-bond acceptors (Lipinski definition) is 3. The van der Waals surface area contributed by atoms with Gasteiger partial charge >= 0.3 is 0 Å². The van der Waals surface area contributed by atoms with Crippen LogP contribution in [0, 0.1) is 11.3 Å². The Morgan fingerprint density at radius 3 is 2.73 bits per heavy atom. The van der Waals surface area contributed by atoms with Gasteiger partial charge in [-0.15, -0.1) is 0 Å². The van der Waals surface area contributed by atoms with Crippen LogP contribution in [0.25, 0.3) is 0 Å². The van der Waals surface area contributed by atoms with E-state index in [1.54, 1.807) is 0 Å². The normalized spacial score (nSPS) is 44.0. The van der Waals surface area contributed by atoms with Gasteiger partial charge in [-0.25, -0.2) is 0 Å². The molecule has 1 saturated carbocycles. The van der Waals surface area contributed by atoms with Gasteiger partial charge in [0.15, 0.2) is 0 Å². The predicted molar refractivity (Wildman–Crippen MR) is 57.8 cm³/mol. The summed E-state index contributed by atoms with van der Waals surface area (Å²) in [4.78, 5) is 0. The molecule has 0 radical (unpaired) electrons. The molecule has 3 unspecified atom stereocenters. The standard InChI is InChI=1S/C12H21NO2/c1-12(2)10(13-8-6-14-7-8)9-4-3-5-15-11(9)12/h8-11,13H,3-7H2,1-2H3. The molecule has 0 bridgehead atoms. The van der Waals surface area contributed by atoms with E-state index in [1.807, 2.05) is 0 Å². The fraction of sp³-hybridized carbons (Fsp3) is 1.00. The van der Waals surface area contributed by atoms with Gasteiger partial charge in [-0.05, 0) is 12.8 Å². The highest BCUT2D eigenvalue weighted by molar-refractivity contribution is 5.11. The number of fused-ring (bicyclic) bond motifs is 1. The first kappa shape index (κ1) is 10.1. The van der Waals surface area contributed by atoms with Crippen LogP contribution in [0.3, 0.4) is 0 Å². The number of nitrogens with one attached hydrogen (secondary N) is 1. The van der Waals surface area contributed by atoms with Gasteiger partial charge in [-0.3, -0.25) is 0 Å². The van der Waals surface area contributed by atoms with E-state index in [0.29, 0.717) is 23.6 Å². The van der Waals surface area contributed by atoms with E-state index in [4.69, 9.17) is 9.47 Å². The molecule has 0 aromatic rings. The minimum atomic E-state index is 0.306. The van der Waals surface area contributed by atoms with E-state index in [-0.39, 0.29) is 0 Å².